The molecule has 1 rings (SSSR count). The van der Waals surface area contributed by atoms with E-state index in [-0.39, 0.29) is 11.9 Å². The molecule has 0 saturated carbocycles. The Labute approximate surface area is 138 Å². The van der Waals surface area contributed by atoms with Crippen LogP contribution in [0, 0.1) is 0 Å². The van der Waals surface area contributed by atoms with E-state index in [1.807, 2.05) is 18.2 Å². The van der Waals surface area contributed by atoms with Crippen LogP contribution < -0.4 is 5.32 Å². The van der Waals surface area contributed by atoms with Crippen LogP contribution >= 0.6 is 0 Å². The number of benzene rings is 1. The van der Waals surface area contributed by atoms with Gasteiger partial charge in [0.25, 0.3) is 0 Å². The van der Waals surface area contributed by atoms with E-state index in [4.69, 9.17) is 4.74 Å². The predicted octanol–water partition coefficient (Wildman–Crippen LogP) is 2.73. The molecule has 0 aromatic heterocycles. The maximum atomic E-state index is 11.8. The second-order valence-corrected chi connectivity index (χ2v) is 5.45. The van der Waals surface area contributed by atoms with Crippen molar-refractivity contribution in [3.8, 4) is 0 Å². The lowest BCUT2D eigenvalue weighted by Gasteiger charge is -2.18. The van der Waals surface area contributed by atoms with Gasteiger partial charge in [0.15, 0.2) is 0 Å². The zero-order valence-electron chi connectivity index (χ0n) is 14.3. The highest BCUT2D eigenvalue weighted by atomic mass is 16.5. The van der Waals surface area contributed by atoms with Crippen molar-refractivity contribution >= 4 is 11.9 Å². The number of esters is 2. The van der Waals surface area contributed by atoms with Crippen molar-refractivity contribution in [1.82, 2.24) is 5.32 Å². The molecule has 0 fully saturated rings. The first-order chi connectivity index (χ1) is 11.1. The Kier molecular flexibility index (Phi) is 8.98. The number of nitrogens with one attached hydrogen (secondary N) is 1. The number of carbonyl (C=O) groups excluding carboxylic acids is 2. The summed E-state index contributed by atoms with van der Waals surface area (Å²) in [5.41, 5.74) is 1.62. The first-order valence-corrected chi connectivity index (χ1v) is 8.08. The van der Waals surface area contributed by atoms with Crippen molar-refractivity contribution in [2.24, 2.45) is 0 Å². The molecule has 1 aromatic rings. The van der Waals surface area contributed by atoms with Gasteiger partial charge in [0.05, 0.1) is 26.2 Å². The van der Waals surface area contributed by atoms with Crippen LogP contribution in [0.2, 0.25) is 0 Å². The van der Waals surface area contributed by atoms with Crippen molar-refractivity contribution in [2.75, 3.05) is 20.8 Å². The molecule has 5 nitrogen and oxygen atoms in total. The number of rotatable bonds is 10. The smallest absolute Gasteiger partial charge is 0.338 e. The topological polar surface area (TPSA) is 64.6 Å². The molecule has 0 bridgehead atoms. The molecule has 1 atom stereocenters. The minimum atomic E-state index is -0.300. The molecule has 128 valence electrons. The van der Waals surface area contributed by atoms with E-state index in [1.165, 1.54) is 14.2 Å². The minimum Gasteiger partial charge on any atom is -0.469 e. The molecule has 0 aliphatic rings. The fourth-order valence-corrected chi connectivity index (χ4v) is 2.55. The highest BCUT2D eigenvalue weighted by molar-refractivity contribution is 5.90. The van der Waals surface area contributed by atoms with E-state index in [9.17, 15) is 9.59 Å². The van der Waals surface area contributed by atoms with Gasteiger partial charge in [0.2, 0.25) is 0 Å². The number of hydrogen-bond acceptors (Lipinski definition) is 5. The summed E-state index contributed by atoms with van der Waals surface area (Å²) in [6, 6.07) is 7.84. The van der Waals surface area contributed by atoms with Crippen molar-refractivity contribution in [3.63, 3.8) is 0 Å². The number of ether oxygens (including phenoxy) is 2. The van der Waals surface area contributed by atoms with Crippen LogP contribution in [0.3, 0.4) is 0 Å². The molecule has 1 N–H and O–H groups in total. The Morgan fingerprint density at radius 2 is 1.87 bits per heavy atom. The van der Waals surface area contributed by atoms with Crippen LogP contribution in [0.5, 0.6) is 0 Å². The van der Waals surface area contributed by atoms with E-state index >= 15 is 0 Å². The molecule has 0 spiro atoms. The van der Waals surface area contributed by atoms with Crippen molar-refractivity contribution in [3.05, 3.63) is 35.4 Å². The summed E-state index contributed by atoms with van der Waals surface area (Å²) < 4.78 is 9.47. The molecule has 0 heterocycles. The van der Waals surface area contributed by atoms with Gasteiger partial charge in [-0.1, -0.05) is 31.5 Å². The highest BCUT2D eigenvalue weighted by Gasteiger charge is 2.13. The third-order valence-electron chi connectivity index (χ3n) is 3.81. The SMILES string of the molecule is CCC[C@@H](CCc1ccccc1C(=O)OC)NCCC(=O)OC. The zero-order chi connectivity index (χ0) is 17.1. The van der Waals surface area contributed by atoms with Crippen molar-refractivity contribution < 1.29 is 19.1 Å². The summed E-state index contributed by atoms with van der Waals surface area (Å²) in [6.45, 7) is 2.74. The van der Waals surface area contributed by atoms with Crippen molar-refractivity contribution in [1.29, 1.82) is 0 Å². The molecule has 0 unspecified atom stereocenters. The maximum absolute atomic E-state index is 11.8. The van der Waals surface area contributed by atoms with Gasteiger partial charge in [0.1, 0.15) is 0 Å². The molecule has 0 aliphatic heterocycles. The van der Waals surface area contributed by atoms with Gasteiger partial charge in [-0.2, -0.15) is 0 Å². The lowest BCUT2D eigenvalue weighted by Crippen LogP contribution is -2.31. The minimum absolute atomic E-state index is 0.205. The maximum Gasteiger partial charge on any atom is 0.338 e. The highest BCUT2D eigenvalue weighted by Crippen LogP contribution is 2.15. The molecular formula is C18H27NO4. The van der Waals surface area contributed by atoms with Gasteiger partial charge in [-0.3, -0.25) is 4.79 Å². The third-order valence-corrected chi connectivity index (χ3v) is 3.81. The van der Waals surface area contributed by atoms with E-state index in [2.05, 4.69) is 17.0 Å². The van der Waals surface area contributed by atoms with Gasteiger partial charge < -0.3 is 14.8 Å². The number of methoxy groups -OCH3 is 2. The van der Waals surface area contributed by atoms with Gasteiger partial charge in [-0.25, -0.2) is 4.79 Å². The van der Waals surface area contributed by atoms with Crippen LogP contribution in [-0.4, -0.2) is 38.7 Å². The average molecular weight is 321 g/mol. The van der Waals surface area contributed by atoms with E-state index in [0.29, 0.717) is 24.6 Å². The molecule has 5 heteroatoms. The molecular weight excluding hydrogens is 294 g/mol. The van der Waals surface area contributed by atoms with E-state index in [1.54, 1.807) is 6.07 Å². The largest absolute Gasteiger partial charge is 0.469 e. The second kappa shape index (κ2) is 10.8. The monoisotopic (exact) mass is 321 g/mol. The van der Waals surface area contributed by atoms with Crippen LogP contribution in [-0.2, 0) is 20.7 Å². The number of hydrogen-bond donors (Lipinski definition) is 1. The van der Waals surface area contributed by atoms with Gasteiger partial charge in [0, 0.05) is 12.6 Å². The lowest BCUT2D eigenvalue weighted by atomic mass is 9.98. The Bertz CT molecular complexity index is 502. The molecule has 0 radical (unpaired) electrons. The Morgan fingerprint density at radius 1 is 1.13 bits per heavy atom. The summed E-state index contributed by atoms with van der Waals surface area (Å²) in [6.07, 6.45) is 4.16. The molecule has 1 aromatic carbocycles. The van der Waals surface area contributed by atoms with Crippen LogP contribution in [0.15, 0.2) is 24.3 Å². The summed E-state index contributed by atoms with van der Waals surface area (Å²) in [5.74, 6) is -0.505. The first-order valence-electron chi connectivity index (χ1n) is 8.08. The molecule has 0 amide bonds. The zero-order valence-corrected chi connectivity index (χ0v) is 14.3. The Morgan fingerprint density at radius 3 is 2.52 bits per heavy atom. The Balaban J connectivity index is 2.58. The predicted molar refractivity (Wildman–Crippen MR) is 89.4 cm³/mol. The Hall–Kier alpha value is -1.88. The van der Waals surface area contributed by atoms with Gasteiger partial charge in [-0.15, -0.1) is 0 Å². The normalized spacial score (nSPS) is 11.8. The standard InChI is InChI=1S/C18H27NO4/c1-4-7-15(19-13-12-17(20)22-2)11-10-14-8-5-6-9-16(14)18(21)23-3/h5-6,8-9,15,19H,4,7,10-13H2,1-3H3/t15-/m0/s1. The molecule has 0 saturated heterocycles. The second-order valence-electron chi connectivity index (χ2n) is 5.45. The quantitative estimate of drug-likeness (QED) is 0.671. The van der Waals surface area contributed by atoms with Crippen LogP contribution in [0.1, 0.15) is 48.5 Å². The lowest BCUT2D eigenvalue weighted by molar-refractivity contribution is -0.140. The van der Waals surface area contributed by atoms with Crippen LogP contribution in [0.25, 0.3) is 0 Å². The van der Waals surface area contributed by atoms with E-state index < -0.39 is 0 Å². The fourth-order valence-electron chi connectivity index (χ4n) is 2.55. The van der Waals surface area contributed by atoms with Gasteiger partial charge in [-0.05, 0) is 30.9 Å². The van der Waals surface area contributed by atoms with Crippen molar-refractivity contribution in [2.45, 2.75) is 45.1 Å². The first kappa shape index (κ1) is 19.2. The molecule has 23 heavy (non-hydrogen) atoms. The summed E-state index contributed by atoms with van der Waals surface area (Å²) >= 11 is 0. The summed E-state index contributed by atoms with van der Waals surface area (Å²) in [7, 11) is 2.79. The number of aryl methyl sites for hydroxylation is 1. The molecule has 0 aliphatic carbocycles. The van der Waals surface area contributed by atoms with E-state index in [0.717, 1.165) is 31.2 Å². The average Bonchev–Trinajstić information content (AvgIpc) is 2.59. The number of carbonyl (C=O) groups is 2. The van der Waals surface area contributed by atoms with Gasteiger partial charge >= 0.3 is 11.9 Å². The fraction of sp³-hybridized carbons (Fsp3) is 0.556. The summed E-state index contributed by atoms with van der Waals surface area (Å²) in [5, 5.41) is 3.40. The van der Waals surface area contributed by atoms with Crippen LogP contribution in [0.4, 0.5) is 0 Å². The third kappa shape index (κ3) is 6.82. The summed E-state index contributed by atoms with van der Waals surface area (Å²) in [4.78, 5) is 23.0.